The molecule has 1 amide bonds. The highest BCUT2D eigenvalue weighted by Gasteiger charge is 2.07. The van der Waals surface area contributed by atoms with Gasteiger partial charge in [0, 0.05) is 18.0 Å². The number of carbonyl (C=O) groups is 1. The average Bonchev–Trinajstić information content (AvgIpc) is 2.90. The van der Waals surface area contributed by atoms with E-state index in [-0.39, 0.29) is 11.7 Å². The van der Waals surface area contributed by atoms with E-state index < -0.39 is 0 Å². The fraction of sp³-hybridized carbons (Fsp3) is 0.267. The van der Waals surface area contributed by atoms with Gasteiger partial charge in [-0.2, -0.15) is 0 Å². The molecule has 5 heteroatoms. The van der Waals surface area contributed by atoms with E-state index in [9.17, 15) is 9.18 Å². The maximum atomic E-state index is 12.7. The molecule has 3 nitrogen and oxygen atoms in total. The molecule has 20 heavy (non-hydrogen) atoms. The van der Waals surface area contributed by atoms with Gasteiger partial charge in [0.15, 0.2) is 0 Å². The van der Waals surface area contributed by atoms with E-state index in [1.54, 1.807) is 23.5 Å². The summed E-state index contributed by atoms with van der Waals surface area (Å²) >= 11 is 1.68. The van der Waals surface area contributed by atoms with E-state index in [0.29, 0.717) is 13.1 Å². The van der Waals surface area contributed by atoms with Crippen LogP contribution in [0.2, 0.25) is 0 Å². The smallest absolute Gasteiger partial charge is 0.234 e. The zero-order valence-electron chi connectivity index (χ0n) is 11.3. The molecule has 0 aliphatic heterocycles. The Morgan fingerprint density at radius 1 is 1.30 bits per heavy atom. The van der Waals surface area contributed by atoms with Crippen molar-refractivity contribution in [3.05, 3.63) is 58.0 Å². The zero-order chi connectivity index (χ0) is 14.4. The Balaban J connectivity index is 1.73. The number of benzene rings is 1. The number of amides is 1. The molecule has 0 unspecified atom stereocenters. The van der Waals surface area contributed by atoms with Gasteiger partial charge in [-0.1, -0.05) is 18.2 Å². The van der Waals surface area contributed by atoms with Crippen LogP contribution in [0.25, 0.3) is 0 Å². The second-order valence-electron chi connectivity index (χ2n) is 4.65. The molecule has 0 aliphatic carbocycles. The topological polar surface area (TPSA) is 32.3 Å². The molecule has 1 heterocycles. The van der Waals surface area contributed by atoms with Crippen molar-refractivity contribution < 1.29 is 9.18 Å². The van der Waals surface area contributed by atoms with E-state index in [1.165, 1.54) is 17.0 Å². The third-order valence-electron chi connectivity index (χ3n) is 2.82. The minimum absolute atomic E-state index is 0.0339. The molecule has 0 fully saturated rings. The summed E-state index contributed by atoms with van der Waals surface area (Å²) < 4.78 is 12.7. The van der Waals surface area contributed by atoms with Gasteiger partial charge in [-0.05, 0) is 36.2 Å². The van der Waals surface area contributed by atoms with E-state index in [2.05, 4.69) is 11.4 Å². The first-order chi connectivity index (χ1) is 9.63. The van der Waals surface area contributed by atoms with Gasteiger partial charge in [0.05, 0.1) is 6.54 Å². The van der Waals surface area contributed by atoms with E-state index >= 15 is 0 Å². The number of nitrogens with zero attached hydrogens (tertiary/aromatic N) is 1. The SMILES string of the molecule is CN(CC(=O)NCc1ccc(F)cc1)Cc1cccs1. The number of rotatable bonds is 6. The minimum atomic E-state index is -0.268. The molecule has 1 aromatic heterocycles. The molecule has 0 bridgehead atoms. The van der Waals surface area contributed by atoms with Gasteiger partial charge in [-0.15, -0.1) is 11.3 Å². The highest BCUT2D eigenvalue weighted by Crippen LogP contribution is 2.10. The van der Waals surface area contributed by atoms with E-state index in [4.69, 9.17) is 0 Å². The van der Waals surface area contributed by atoms with Gasteiger partial charge in [-0.3, -0.25) is 9.69 Å². The third-order valence-corrected chi connectivity index (χ3v) is 3.68. The van der Waals surface area contributed by atoms with Crippen molar-refractivity contribution in [2.24, 2.45) is 0 Å². The van der Waals surface area contributed by atoms with Crippen molar-refractivity contribution in [3.8, 4) is 0 Å². The Hall–Kier alpha value is -1.72. The number of nitrogens with one attached hydrogen (secondary N) is 1. The lowest BCUT2D eigenvalue weighted by Crippen LogP contribution is -2.34. The lowest BCUT2D eigenvalue weighted by molar-refractivity contribution is -0.122. The largest absolute Gasteiger partial charge is 0.351 e. The number of thiophene rings is 1. The first kappa shape index (κ1) is 14.7. The van der Waals surface area contributed by atoms with Crippen molar-refractivity contribution in [1.82, 2.24) is 10.2 Å². The van der Waals surface area contributed by atoms with Crippen molar-refractivity contribution in [2.45, 2.75) is 13.1 Å². The molecule has 1 N–H and O–H groups in total. The monoisotopic (exact) mass is 292 g/mol. The fourth-order valence-corrected chi connectivity index (χ4v) is 2.61. The van der Waals surface area contributed by atoms with Crippen molar-refractivity contribution >= 4 is 17.2 Å². The maximum Gasteiger partial charge on any atom is 0.234 e. The fourth-order valence-electron chi connectivity index (χ4n) is 1.83. The zero-order valence-corrected chi connectivity index (χ0v) is 12.1. The molecule has 0 spiro atoms. The van der Waals surface area contributed by atoms with Gasteiger partial charge >= 0.3 is 0 Å². The van der Waals surface area contributed by atoms with Gasteiger partial charge in [0.1, 0.15) is 5.82 Å². The first-order valence-electron chi connectivity index (χ1n) is 6.35. The second-order valence-corrected chi connectivity index (χ2v) is 5.69. The van der Waals surface area contributed by atoms with Crippen LogP contribution in [0.4, 0.5) is 4.39 Å². The molecule has 2 rings (SSSR count). The highest BCUT2D eigenvalue weighted by molar-refractivity contribution is 7.09. The number of hydrogen-bond donors (Lipinski definition) is 1. The van der Waals surface area contributed by atoms with Crippen LogP contribution in [-0.4, -0.2) is 24.4 Å². The van der Waals surface area contributed by atoms with Crippen LogP contribution in [0.5, 0.6) is 0 Å². The summed E-state index contributed by atoms with van der Waals surface area (Å²) in [7, 11) is 1.91. The lowest BCUT2D eigenvalue weighted by Gasteiger charge is -2.15. The molecular formula is C15H17FN2OS. The van der Waals surface area contributed by atoms with Crippen molar-refractivity contribution in [3.63, 3.8) is 0 Å². The molecule has 0 saturated carbocycles. The van der Waals surface area contributed by atoms with Crippen molar-refractivity contribution in [1.29, 1.82) is 0 Å². The maximum absolute atomic E-state index is 12.7. The van der Waals surface area contributed by atoms with E-state index in [1.807, 2.05) is 23.4 Å². The average molecular weight is 292 g/mol. The number of likely N-dealkylation sites (N-methyl/N-ethyl adjacent to an activating group) is 1. The molecule has 0 aliphatic rings. The summed E-state index contributed by atoms with van der Waals surface area (Å²) in [5, 5.41) is 4.85. The standard InChI is InChI=1S/C15H17FN2OS/c1-18(10-14-3-2-8-20-14)11-15(19)17-9-12-4-6-13(16)7-5-12/h2-8H,9-11H2,1H3,(H,17,19). The number of carbonyl (C=O) groups excluding carboxylic acids is 1. The first-order valence-corrected chi connectivity index (χ1v) is 7.23. The van der Waals surface area contributed by atoms with E-state index in [0.717, 1.165) is 12.1 Å². The van der Waals surface area contributed by atoms with Crippen LogP contribution >= 0.6 is 11.3 Å². The third kappa shape index (κ3) is 4.75. The number of halogens is 1. The van der Waals surface area contributed by atoms with Gasteiger partial charge < -0.3 is 5.32 Å². The van der Waals surface area contributed by atoms with Crippen LogP contribution in [-0.2, 0) is 17.9 Å². The summed E-state index contributed by atoms with van der Waals surface area (Å²) in [6.07, 6.45) is 0. The predicted octanol–water partition coefficient (Wildman–Crippen LogP) is 2.64. The van der Waals surface area contributed by atoms with Crippen LogP contribution in [0.3, 0.4) is 0 Å². The van der Waals surface area contributed by atoms with Gasteiger partial charge in [-0.25, -0.2) is 4.39 Å². The Morgan fingerprint density at radius 3 is 2.70 bits per heavy atom. The quantitative estimate of drug-likeness (QED) is 0.887. The number of hydrogen-bond acceptors (Lipinski definition) is 3. The van der Waals surface area contributed by atoms with Crippen LogP contribution in [0.15, 0.2) is 41.8 Å². The summed E-state index contributed by atoms with van der Waals surface area (Å²) in [6.45, 7) is 1.53. The van der Waals surface area contributed by atoms with Crippen LogP contribution in [0.1, 0.15) is 10.4 Å². The Kier molecular flexibility index (Phi) is 5.26. The Labute approximate surface area is 122 Å². The van der Waals surface area contributed by atoms with Crippen molar-refractivity contribution in [2.75, 3.05) is 13.6 Å². The summed E-state index contributed by atoms with van der Waals surface area (Å²) in [4.78, 5) is 15.0. The Bertz CT molecular complexity index is 540. The molecule has 106 valence electrons. The van der Waals surface area contributed by atoms with Crippen LogP contribution in [0, 0.1) is 5.82 Å². The summed E-state index contributed by atoms with van der Waals surface area (Å²) in [6, 6.07) is 10.2. The molecule has 2 aromatic rings. The Morgan fingerprint density at radius 2 is 2.05 bits per heavy atom. The normalized spacial score (nSPS) is 10.8. The highest BCUT2D eigenvalue weighted by atomic mass is 32.1. The summed E-state index contributed by atoms with van der Waals surface area (Å²) in [5.41, 5.74) is 0.889. The van der Waals surface area contributed by atoms with Gasteiger partial charge in [0.2, 0.25) is 5.91 Å². The summed E-state index contributed by atoms with van der Waals surface area (Å²) in [5.74, 6) is -0.302. The molecular weight excluding hydrogens is 275 g/mol. The molecule has 0 radical (unpaired) electrons. The van der Waals surface area contributed by atoms with Crippen LogP contribution < -0.4 is 5.32 Å². The predicted molar refractivity (Wildman–Crippen MR) is 78.9 cm³/mol. The van der Waals surface area contributed by atoms with Gasteiger partial charge in [0.25, 0.3) is 0 Å². The molecule has 0 atom stereocenters. The lowest BCUT2D eigenvalue weighted by atomic mass is 10.2. The molecule has 1 aromatic carbocycles. The minimum Gasteiger partial charge on any atom is -0.351 e. The molecule has 0 saturated heterocycles. The second kappa shape index (κ2) is 7.17.